The van der Waals surface area contributed by atoms with Crippen LogP contribution in [0.2, 0.25) is 0 Å². The Kier molecular flexibility index (Phi) is 5.37. The molecule has 0 aromatic rings. The van der Waals surface area contributed by atoms with E-state index in [9.17, 15) is 9.90 Å². The van der Waals surface area contributed by atoms with Gasteiger partial charge < -0.3 is 19.6 Å². The number of carbonyl (C=O) groups is 1. The summed E-state index contributed by atoms with van der Waals surface area (Å²) in [5.41, 5.74) is -0.595. The summed E-state index contributed by atoms with van der Waals surface area (Å²) in [7, 11) is 3.96. The number of piperidine rings is 1. The average molecular weight is 285 g/mol. The highest BCUT2D eigenvalue weighted by Crippen LogP contribution is 2.22. The van der Waals surface area contributed by atoms with E-state index in [0.29, 0.717) is 39.4 Å². The van der Waals surface area contributed by atoms with E-state index < -0.39 is 5.60 Å². The lowest BCUT2D eigenvalue weighted by Crippen LogP contribution is -2.52. The van der Waals surface area contributed by atoms with Gasteiger partial charge in [-0.3, -0.25) is 9.69 Å². The zero-order chi connectivity index (χ0) is 14.6. The summed E-state index contributed by atoms with van der Waals surface area (Å²) in [4.78, 5) is 18.2. The van der Waals surface area contributed by atoms with Crippen LogP contribution in [-0.2, 0) is 9.53 Å². The van der Waals surface area contributed by atoms with Crippen molar-refractivity contribution in [1.29, 1.82) is 0 Å². The quantitative estimate of drug-likeness (QED) is 0.735. The average Bonchev–Trinajstić information content (AvgIpc) is 2.41. The third-order valence-corrected chi connectivity index (χ3v) is 4.12. The van der Waals surface area contributed by atoms with Crippen molar-refractivity contribution in [3.63, 3.8) is 0 Å². The van der Waals surface area contributed by atoms with E-state index in [2.05, 4.69) is 4.90 Å². The normalized spacial score (nSPS) is 24.1. The Hall–Kier alpha value is -0.690. The van der Waals surface area contributed by atoms with Gasteiger partial charge in [0.15, 0.2) is 0 Å². The number of rotatable bonds is 4. The van der Waals surface area contributed by atoms with Crippen molar-refractivity contribution >= 4 is 5.91 Å². The van der Waals surface area contributed by atoms with E-state index in [-0.39, 0.29) is 5.91 Å². The molecule has 2 heterocycles. The highest BCUT2D eigenvalue weighted by atomic mass is 16.5. The Balaban J connectivity index is 1.75. The molecular formula is C14H27N3O3. The Bertz CT molecular complexity index is 322. The van der Waals surface area contributed by atoms with Crippen LogP contribution in [0.5, 0.6) is 0 Å². The molecule has 0 aliphatic carbocycles. The fraction of sp³-hybridized carbons (Fsp3) is 0.929. The molecule has 0 aromatic heterocycles. The van der Waals surface area contributed by atoms with E-state index >= 15 is 0 Å². The van der Waals surface area contributed by atoms with E-state index in [1.807, 2.05) is 23.9 Å². The van der Waals surface area contributed by atoms with Crippen LogP contribution in [0, 0.1) is 0 Å². The van der Waals surface area contributed by atoms with E-state index in [0.717, 1.165) is 25.9 Å². The molecule has 0 unspecified atom stereocenters. The number of hydrogen-bond acceptors (Lipinski definition) is 5. The molecule has 0 atom stereocenters. The van der Waals surface area contributed by atoms with Crippen LogP contribution in [0.4, 0.5) is 0 Å². The highest BCUT2D eigenvalue weighted by Gasteiger charge is 2.33. The van der Waals surface area contributed by atoms with E-state index in [1.165, 1.54) is 0 Å². The molecule has 2 fully saturated rings. The molecule has 2 saturated heterocycles. The lowest BCUT2D eigenvalue weighted by Gasteiger charge is -2.40. The van der Waals surface area contributed by atoms with Gasteiger partial charge in [-0.05, 0) is 26.9 Å². The van der Waals surface area contributed by atoms with Crippen molar-refractivity contribution in [2.75, 3.05) is 66.6 Å². The summed E-state index contributed by atoms with van der Waals surface area (Å²) in [6.45, 7) is 5.45. The SMILES string of the molecule is CN(C)CC1(O)CCN(CC(=O)N2CCOCC2)CC1. The molecule has 6 nitrogen and oxygen atoms in total. The summed E-state index contributed by atoms with van der Waals surface area (Å²) in [5, 5.41) is 10.5. The largest absolute Gasteiger partial charge is 0.388 e. The minimum atomic E-state index is -0.595. The van der Waals surface area contributed by atoms with Crippen LogP contribution < -0.4 is 0 Å². The molecule has 116 valence electrons. The van der Waals surface area contributed by atoms with E-state index in [1.54, 1.807) is 0 Å². The number of nitrogens with zero attached hydrogens (tertiary/aromatic N) is 3. The minimum absolute atomic E-state index is 0.186. The van der Waals surface area contributed by atoms with Crippen LogP contribution in [0.15, 0.2) is 0 Å². The second-order valence-corrected chi connectivity index (χ2v) is 6.23. The zero-order valence-corrected chi connectivity index (χ0v) is 12.7. The zero-order valence-electron chi connectivity index (χ0n) is 12.7. The number of likely N-dealkylation sites (N-methyl/N-ethyl adjacent to an activating group) is 1. The van der Waals surface area contributed by atoms with Crippen molar-refractivity contribution in [2.24, 2.45) is 0 Å². The standard InChI is InChI=1S/C14H27N3O3/c1-15(2)12-14(19)3-5-16(6-4-14)11-13(18)17-7-9-20-10-8-17/h19H,3-12H2,1-2H3. The molecule has 2 rings (SSSR count). The van der Waals surface area contributed by atoms with Gasteiger partial charge in [-0.2, -0.15) is 0 Å². The second-order valence-electron chi connectivity index (χ2n) is 6.23. The Labute approximate surface area is 121 Å². The van der Waals surface area contributed by atoms with Crippen LogP contribution in [0.3, 0.4) is 0 Å². The van der Waals surface area contributed by atoms with Gasteiger partial charge in [0.05, 0.1) is 25.4 Å². The first-order valence-corrected chi connectivity index (χ1v) is 7.43. The Morgan fingerprint density at radius 2 is 1.80 bits per heavy atom. The summed E-state index contributed by atoms with van der Waals surface area (Å²) in [6, 6.07) is 0. The number of amides is 1. The summed E-state index contributed by atoms with van der Waals surface area (Å²) in [5.74, 6) is 0.186. The van der Waals surface area contributed by atoms with Crippen molar-refractivity contribution in [2.45, 2.75) is 18.4 Å². The van der Waals surface area contributed by atoms with Gasteiger partial charge in [0, 0.05) is 32.7 Å². The van der Waals surface area contributed by atoms with Crippen molar-refractivity contribution < 1.29 is 14.6 Å². The maximum atomic E-state index is 12.2. The molecule has 0 saturated carbocycles. The molecule has 0 spiro atoms. The molecule has 2 aliphatic rings. The smallest absolute Gasteiger partial charge is 0.236 e. The van der Waals surface area contributed by atoms with Gasteiger partial charge >= 0.3 is 0 Å². The molecule has 0 radical (unpaired) electrons. The van der Waals surface area contributed by atoms with Crippen LogP contribution >= 0.6 is 0 Å². The van der Waals surface area contributed by atoms with E-state index in [4.69, 9.17) is 4.74 Å². The monoisotopic (exact) mass is 285 g/mol. The fourth-order valence-electron chi connectivity index (χ4n) is 2.98. The first-order valence-electron chi connectivity index (χ1n) is 7.43. The van der Waals surface area contributed by atoms with Crippen LogP contribution in [0.1, 0.15) is 12.8 Å². The van der Waals surface area contributed by atoms with Crippen LogP contribution in [0.25, 0.3) is 0 Å². The first-order chi connectivity index (χ1) is 9.48. The number of carbonyl (C=O) groups excluding carboxylic acids is 1. The molecule has 20 heavy (non-hydrogen) atoms. The van der Waals surface area contributed by atoms with Gasteiger partial charge in [0.2, 0.25) is 5.91 Å². The number of aliphatic hydroxyl groups is 1. The molecule has 1 amide bonds. The van der Waals surface area contributed by atoms with Gasteiger partial charge in [0.25, 0.3) is 0 Å². The number of morpholine rings is 1. The van der Waals surface area contributed by atoms with Crippen molar-refractivity contribution in [1.82, 2.24) is 14.7 Å². The van der Waals surface area contributed by atoms with Gasteiger partial charge in [0.1, 0.15) is 0 Å². The summed E-state index contributed by atoms with van der Waals surface area (Å²) < 4.78 is 5.26. The van der Waals surface area contributed by atoms with Crippen molar-refractivity contribution in [3.05, 3.63) is 0 Å². The lowest BCUT2D eigenvalue weighted by atomic mass is 9.91. The molecule has 0 bridgehead atoms. The topological polar surface area (TPSA) is 56.2 Å². The molecule has 6 heteroatoms. The Morgan fingerprint density at radius 1 is 1.20 bits per heavy atom. The summed E-state index contributed by atoms with van der Waals surface area (Å²) in [6.07, 6.45) is 1.48. The molecule has 2 aliphatic heterocycles. The van der Waals surface area contributed by atoms with Gasteiger partial charge in [-0.25, -0.2) is 0 Å². The maximum absolute atomic E-state index is 12.2. The molecule has 1 N–H and O–H groups in total. The first kappa shape index (κ1) is 15.7. The number of hydrogen-bond donors (Lipinski definition) is 1. The third kappa shape index (κ3) is 4.41. The maximum Gasteiger partial charge on any atom is 0.236 e. The highest BCUT2D eigenvalue weighted by molar-refractivity contribution is 5.78. The number of likely N-dealkylation sites (tertiary alicyclic amines) is 1. The predicted molar refractivity (Wildman–Crippen MR) is 76.6 cm³/mol. The van der Waals surface area contributed by atoms with Crippen molar-refractivity contribution in [3.8, 4) is 0 Å². The van der Waals surface area contributed by atoms with Crippen LogP contribution in [-0.4, -0.2) is 97.9 Å². The fourth-order valence-corrected chi connectivity index (χ4v) is 2.98. The molecule has 0 aromatic carbocycles. The van der Waals surface area contributed by atoms with Gasteiger partial charge in [-0.1, -0.05) is 0 Å². The number of ether oxygens (including phenoxy) is 1. The Morgan fingerprint density at radius 3 is 2.35 bits per heavy atom. The lowest BCUT2D eigenvalue weighted by molar-refractivity contribution is -0.137. The minimum Gasteiger partial charge on any atom is -0.388 e. The third-order valence-electron chi connectivity index (χ3n) is 4.12. The predicted octanol–water partition coefficient (Wildman–Crippen LogP) is -0.766. The van der Waals surface area contributed by atoms with Gasteiger partial charge in [-0.15, -0.1) is 0 Å². The summed E-state index contributed by atoms with van der Waals surface area (Å²) >= 11 is 0. The molecular weight excluding hydrogens is 258 g/mol. The second kappa shape index (κ2) is 6.85.